The second-order valence-corrected chi connectivity index (χ2v) is 6.56. The third-order valence-corrected chi connectivity index (χ3v) is 5.28. The highest BCUT2D eigenvalue weighted by Gasteiger charge is 2.36. The highest BCUT2D eigenvalue weighted by molar-refractivity contribution is 7.10. The molecule has 0 aliphatic heterocycles. The number of nitrogens with one attached hydrogen (secondary N) is 1. The first-order chi connectivity index (χ1) is 8.27. The molecule has 0 amide bonds. The minimum Gasteiger partial charge on any atom is -0.316 e. The zero-order chi connectivity index (χ0) is 12.1. The van der Waals surface area contributed by atoms with Gasteiger partial charge < -0.3 is 5.32 Å². The Bertz CT molecular complexity index is 310. The Labute approximate surface area is 110 Å². The summed E-state index contributed by atoms with van der Waals surface area (Å²) in [6.45, 7) is 6.97. The van der Waals surface area contributed by atoms with E-state index in [1.807, 2.05) is 11.3 Å². The Hall–Kier alpha value is -0.340. The third-order valence-electron chi connectivity index (χ3n) is 4.17. The molecule has 1 aliphatic rings. The molecule has 0 spiro atoms. The monoisotopic (exact) mass is 251 g/mol. The van der Waals surface area contributed by atoms with Crippen LogP contribution >= 0.6 is 11.3 Å². The summed E-state index contributed by atoms with van der Waals surface area (Å²) in [7, 11) is 0. The number of hydrogen-bond acceptors (Lipinski definition) is 2. The fourth-order valence-electron chi connectivity index (χ4n) is 2.91. The zero-order valence-corrected chi connectivity index (χ0v) is 12.0. The van der Waals surface area contributed by atoms with E-state index in [-0.39, 0.29) is 0 Å². The SMILES string of the molecule is CCCNCC1(c2cccs2)CCC(C)CC1. The minimum atomic E-state index is 0.440. The van der Waals surface area contributed by atoms with E-state index in [0.717, 1.165) is 12.5 Å². The van der Waals surface area contributed by atoms with Gasteiger partial charge in [-0.25, -0.2) is 0 Å². The molecule has 2 rings (SSSR count). The molecule has 96 valence electrons. The molecule has 0 atom stereocenters. The first-order valence-corrected chi connectivity index (χ1v) is 7.89. The summed E-state index contributed by atoms with van der Waals surface area (Å²) in [6.07, 6.45) is 6.76. The van der Waals surface area contributed by atoms with Gasteiger partial charge in [-0.05, 0) is 56.0 Å². The lowest BCUT2D eigenvalue weighted by Crippen LogP contribution is -2.40. The lowest BCUT2D eigenvalue weighted by atomic mass is 9.70. The third kappa shape index (κ3) is 3.11. The Morgan fingerprint density at radius 1 is 1.41 bits per heavy atom. The Kier molecular flexibility index (Phi) is 4.63. The van der Waals surface area contributed by atoms with Gasteiger partial charge in [-0.3, -0.25) is 0 Å². The lowest BCUT2D eigenvalue weighted by molar-refractivity contribution is 0.237. The summed E-state index contributed by atoms with van der Waals surface area (Å²) in [6, 6.07) is 4.55. The van der Waals surface area contributed by atoms with Crippen LogP contribution in [0.2, 0.25) is 0 Å². The van der Waals surface area contributed by atoms with Crippen molar-refractivity contribution in [2.45, 2.75) is 51.4 Å². The molecule has 1 aromatic heterocycles. The quantitative estimate of drug-likeness (QED) is 0.774. The maximum absolute atomic E-state index is 3.66. The van der Waals surface area contributed by atoms with Crippen LogP contribution in [0.4, 0.5) is 0 Å². The van der Waals surface area contributed by atoms with Crippen molar-refractivity contribution in [3.05, 3.63) is 22.4 Å². The van der Waals surface area contributed by atoms with E-state index in [4.69, 9.17) is 0 Å². The van der Waals surface area contributed by atoms with Crippen LogP contribution < -0.4 is 5.32 Å². The summed E-state index contributed by atoms with van der Waals surface area (Å²) in [5.74, 6) is 0.925. The van der Waals surface area contributed by atoms with E-state index in [2.05, 4.69) is 36.7 Å². The Balaban J connectivity index is 2.06. The van der Waals surface area contributed by atoms with Crippen LogP contribution in [0.5, 0.6) is 0 Å². The normalized spacial score (nSPS) is 29.4. The van der Waals surface area contributed by atoms with Crippen molar-refractivity contribution in [1.29, 1.82) is 0 Å². The van der Waals surface area contributed by atoms with E-state index in [9.17, 15) is 0 Å². The van der Waals surface area contributed by atoms with Gasteiger partial charge in [-0.15, -0.1) is 11.3 Å². The van der Waals surface area contributed by atoms with Crippen LogP contribution in [-0.4, -0.2) is 13.1 Å². The molecule has 1 aromatic rings. The first kappa shape index (κ1) is 13.1. The van der Waals surface area contributed by atoms with Crippen molar-refractivity contribution >= 4 is 11.3 Å². The molecule has 1 nitrogen and oxygen atoms in total. The molecule has 0 radical (unpaired) electrons. The largest absolute Gasteiger partial charge is 0.316 e. The molecule has 17 heavy (non-hydrogen) atoms. The smallest absolute Gasteiger partial charge is 0.0172 e. The molecular formula is C15H25NS. The predicted molar refractivity (Wildman–Crippen MR) is 76.8 cm³/mol. The maximum Gasteiger partial charge on any atom is 0.0172 e. The summed E-state index contributed by atoms with van der Waals surface area (Å²) in [5, 5.41) is 5.89. The Morgan fingerprint density at radius 2 is 2.18 bits per heavy atom. The minimum absolute atomic E-state index is 0.440. The van der Waals surface area contributed by atoms with Gasteiger partial charge >= 0.3 is 0 Å². The molecule has 1 heterocycles. The van der Waals surface area contributed by atoms with Crippen LogP contribution in [0.25, 0.3) is 0 Å². The highest BCUT2D eigenvalue weighted by Crippen LogP contribution is 2.42. The molecule has 1 N–H and O–H groups in total. The second kappa shape index (κ2) is 6.01. The number of rotatable bonds is 5. The van der Waals surface area contributed by atoms with E-state index in [1.165, 1.54) is 38.6 Å². The van der Waals surface area contributed by atoms with Crippen molar-refractivity contribution in [1.82, 2.24) is 5.32 Å². The molecule has 0 aromatic carbocycles. The fourth-order valence-corrected chi connectivity index (χ4v) is 3.90. The summed E-state index contributed by atoms with van der Waals surface area (Å²) in [5.41, 5.74) is 0.440. The maximum atomic E-state index is 3.66. The molecule has 2 heteroatoms. The Morgan fingerprint density at radius 3 is 2.76 bits per heavy atom. The molecular weight excluding hydrogens is 226 g/mol. The fraction of sp³-hybridized carbons (Fsp3) is 0.733. The van der Waals surface area contributed by atoms with E-state index >= 15 is 0 Å². The van der Waals surface area contributed by atoms with Crippen molar-refractivity contribution in [2.75, 3.05) is 13.1 Å². The molecule has 0 saturated heterocycles. The van der Waals surface area contributed by atoms with Crippen molar-refractivity contribution in [2.24, 2.45) is 5.92 Å². The first-order valence-electron chi connectivity index (χ1n) is 7.01. The lowest BCUT2D eigenvalue weighted by Gasteiger charge is -2.39. The van der Waals surface area contributed by atoms with Crippen LogP contribution in [0.3, 0.4) is 0 Å². The molecule has 0 bridgehead atoms. The zero-order valence-electron chi connectivity index (χ0n) is 11.2. The second-order valence-electron chi connectivity index (χ2n) is 5.62. The van der Waals surface area contributed by atoms with Crippen molar-refractivity contribution in [3.63, 3.8) is 0 Å². The standard InChI is InChI=1S/C15H25NS/c1-3-10-16-12-15(14-5-4-11-17-14)8-6-13(2)7-9-15/h4-5,11,13,16H,3,6-10,12H2,1-2H3. The topological polar surface area (TPSA) is 12.0 Å². The van der Waals surface area contributed by atoms with Crippen LogP contribution in [0.15, 0.2) is 17.5 Å². The van der Waals surface area contributed by atoms with Gasteiger partial charge in [-0.1, -0.05) is 19.9 Å². The molecule has 1 saturated carbocycles. The predicted octanol–water partition coefficient (Wildman–Crippen LogP) is 4.20. The molecule has 1 aliphatic carbocycles. The molecule has 1 fully saturated rings. The van der Waals surface area contributed by atoms with Crippen molar-refractivity contribution < 1.29 is 0 Å². The average Bonchev–Trinajstić information content (AvgIpc) is 2.87. The van der Waals surface area contributed by atoms with Gasteiger partial charge in [0.05, 0.1) is 0 Å². The average molecular weight is 251 g/mol. The van der Waals surface area contributed by atoms with Gasteiger partial charge in [0.2, 0.25) is 0 Å². The van der Waals surface area contributed by atoms with E-state index in [1.54, 1.807) is 4.88 Å². The van der Waals surface area contributed by atoms with Gasteiger partial charge in [0.25, 0.3) is 0 Å². The summed E-state index contributed by atoms with van der Waals surface area (Å²) >= 11 is 1.95. The van der Waals surface area contributed by atoms with E-state index in [0.29, 0.717) is 5.41 Å². The summed E-state index contributed by atoms with van der Waals surface area (Å²) in [4.78, 5) is 1.60. The molecule has 0 unspecified atom stereocenters. The number of thiophene rings is 1. The number of hydrogen-bond donors (Lipinski definition) is 1. The van der Waals surface area contributed by atoms with Gasteiger partial charge in [-0.2, -0.15) is 0 Å². The van der Waals surface area contributed by atoms with Gasteiger partial charge in [0.15, 0.2) is 0 Å². The van der Waals surface area contributed by atoms with Gasteiger partial charge in [0, 0.05) is 16.8 Å². The van der Waals surface area contributed by atoms with Crippen LogP contribution in [-0.2, 0) is 5.41 Å². The van der Waals surface area contributed by atoms with Gasteiger partial charge in [0.1, 0.15) is 0 Å². The van der Waals surface area contributed by atoms with Crippen LogP contribution in [0, 0.1) is 5.92 Å². The van der Waals surface area contributed by atoms with E-state index < -0.39 is 0 Å². The van der Waals surface area contributed by atoms with Crippen LogP contribution in [0.1, 0.15) is 50.8 Å². The summed E-state index contributed by atoms with van der Waals surface area (Å²) < 4.78 is 0. The highest BCUT2D eigenvalue weighted by atomic mass is 32.1. The van der Waals surface area contributed by atoms with Crippen molar-refractivity contribution in [3.8, 4) is 0 Å².